The van der Waals surface area contributed by atoms with Crippen LogP contribution in [0.15, 0.2) is 65.1 Å². The average Bonchev–Trinajstić information content (AvgIpc) is 2.48. The predicted octanol–water partition coefficient (Wildman–Crippen LogP) is 5.35. The van der Waals surface area contributed by atoms with Crippen molar-refractivity contribution in [2.24, 2.45) is 0 Å². The zero-order valence-electron chi connectivity index (χ0n) is 10.7. The van der Waals surface area contributed by atoms with Gasteiger partial charge in [-0.15, -0.1) is 0 Å². The van der Waals surface area contributed by atoms with Gasteiger partial charge in [-0.05, 0) is 40.6 Å². The first-order valence-electron chi connectivity index (χ1n) is 6.39. The molecule has 0 amide bonds. The van der Waals surface area contributed by atoms with Crippen LogP contribution in [0.4, 0.5) is 10.1 Å². The van der Waals surface area contributed by atoms with Gasteiger partial charge in [0.1, 0.15) is 5.82 Å². The summed E-state index contributed by atoms with van der Waals surface area (Å²) in [7, 11) is 0. The summed E-state index contributed by atoms with van der Waals surface area (Å²) in [5.41, 5.74) is 1.63. The van der Waals surface area contributed by atoms with Gasteiger partial charge >= 0.3 is 0 Å². The van der Waals surface area contributed by atoms with Crippen LogP contribution >= 0.6 is 15.9 Å². The molecule has 0 radical (unpaired) electrons. The molecular weight excluding hydrogens is 317 g/mol. The largest absolute Gasteiger partial charge is 0.379 e. The maximum atomic E-state index is 13.6. The van der Waals surface area contributed by atoms with E-state index in [0.29, 0.717) is 12.2 Å². The molecule has 0 saturated carbocycles. The van der Waals surface area contributed by atoms with Gasteiger partial charge in [-0.2, -0.15) is 0 Å². The number of hydrogen-bond acceptors (Lipinski definition) is 1. The van der Waals surface area contributed by atoms with Crippen molar-refractivity contribution < 1.29 is 4.39 Å². The van der Waals surface area contributed by atoms with Gasteiger partial charge in [0, 0.05) is 11.0 Å². The van der Waals surface area contributed by atoms with E-state index >= 15 is 0 Å². The van der Waals surface area contributed by atoms with E-state index in [9.17, 15) is 4.39 Å². The van der Waals surface area contributed by atoms with Crippen LogP contribution in [0.1, 0.15) is 5.56 Å². The highest BCUT2D eigenvalue weighted by Crippen LogP contribution is 2.21. The molecule has 0 saturated heterocycles. The fraction of sp³-hybridized carbons (Fsp3) is 0.0588. The van der Waals surface area contributed by atoms with Gasteiger partial charge < -0.3 is 5.32 Å². The van der Waals surface area contributed by atoms with E-state index < -0.39 is 0 Å². The molecule has 0 aliphatic rings. The molecule has 0 aliphatic heterocycles. The zero-order valence-corrected chi connectivity index (χ0v) is 12.3. The Morgan fingerprint density at radius 2 is 1.70 bits per heavy atom. The Balaban J connectivity index is 1.81. The number of nitrogens with one attached hydrogen (secondary N) is 1. The summed E-state index contributed by atoms with van der Waals surface area (Å²) >= 11 is 3.35. The fourth-order valence-corrected chi connectivity index (χ4v) is 2.54. The van der Waals surface area contributed by atoms with E-state index in [0.717, 1.165) is 10.0 Å². The van der Waals surface area contributed by atoms with Crippen LogP contribution in [-0.2, 0) is 6.54 Å². The molecule has 0 atom stereocenters. The molecule has 0 aliphatic carbocycles. The van der Waals surface area contributed by atoms with Crippen molar-refractivity contribution in [2.45, 2.75) is 6.54 Å². The normalized spacial score (nSPS) is 10.7. The molecule has 0 bridgehead atoms. The lowest BCUT2D eigenvalue weighted by Crippen LogP contribution is -2.01. The van der Waals surface area contributed by atoms with Gasteiger partial charge in [0.2, 0.25) is 0 Å². The lowest BCUT2D eigenvalue weighted by Gasteiger charge is -2.09. The van der Waals surface area contributed by atoms with E-state index in [1.54, 1.807) is 12.1 Å². The third kappa shape index (κ3) is 2.83. The molecule has 100 valence electrons. The Labute approximate surface area is 125 Å². The first-order valence-corrected chi connectivity index (χ1v) is 7.18. The maximum absolute atomic E-state index is 13.6. The van der Waals surface area contributed by atoms with E-state index in [1.165, 1.54) is 16.8 Å². The Hall–Kier alpha value is -1.87. The number of halogens is 2. The van der Waals surface area contributed by atoms with Gasteiger partial charge in [-0.3, -0.25) is 0 Å². The van der Waals surface area contributed by atoms with E-state index in [-0.39, 0.29) is 5.82 Å². The molecule has 3 aromatic carbocycles. The summed E-state index contributed by atoms with van der Waals surface area (Å²) in [6.45, 7) is 0.595. The summed E-state index contributed by atoms with van der Waals surface area (Å²) in [5, 5.41) is 5.54. The standard InChI is InChI=1S/C17H13BrFN/c18-15-7-8-16(19)17(10-15)20-11-12-5-6-13-3-1-2-4-14(13)9-12/h1-10,20H,11H2. The van der Waals surface area contributed by atoms with Crippen LogP contribution in [0.2, 0.25) is 0 Å². The minimum atomic E-state index is -0.242. The molecule has 1 N–H and O–H groups in total. The lowest BCUT2D eigenvalue weighted by atomic mass is 10.1. The number of hydrogen-bond donors (Lipinski definition) is 1. The fourth-order valence-electron chi connectivity index (χ4n) is 2.18. The van der Waals surface area contributed by atoms with Crippen LogP contribution in [-0.4, -0.2) is 0 Å². The number of benzene rings is 3. The smallest absolute Gasteiger partial charge is 0.146 e. The van der Waals surface area contributed by atoms with E-state index in [1.807, 2.05) is 12.1 Å². The molecule has 3 rings (SSSR count). The Kier molecular flexibility index (Phi) is 3.70. The minimum absolute atomic E-state index is 0.242. The topological polar surface area (TPSA) is 12.0 Å². The van der Waals surface area contributed by atoms with Crippen molar-refractivity contribution in [3.05, 3.63) is 76.5 Å². The molecule has 0 spiro atoms. The highest BCUT2D eigenvalue weighted by atomic mass is 79.9. The summed E-state index contributed by atoms with van der Waals surface area (Å²) < 4.78 is 14.5. The molecule has 0 fully saturated rings. The molecule has 3 heteroatoms. The maximum Gasteiger partial charge on any atom is 0.146 e. The zero-order chi connectivity index (χ0) is 13.9. The number of rotatable bonds is 3. The second-order valence-corrected chi connectivity index (χ2v) is 5.57. The monoisotopic (exact) mass is 329 g/mol. The second-order valence-electron chi connectivity index (χ2n) is 4.66. The second kappa shape index (κ2) is 5.63. The Morgan fingerprint density at radius 1 is 0.900 bits per heavy atom. The highest BCUT2D eigenvalue weighted by molar-refractivity contribution is 9.10. The highest BCUT2D eigenvalue weighted by Gasteiger charge is 2.03. The van der Waals surface area contributed by atoms with Gasteiger partial charge in [0.05, 0.1) is 5.69 Å². The molecule has 0 heterocycles. The molecule has 0 aromatic heterocycles. The molecular formula is C17H13BrFN. The quantitative estimate of drug-likeness (QED) is 0.682. The minimum Gasteiger partial charge on any atom is -0.379 e. The van der Waals surface area contributed by atoms with Crippen molar-refractivity contribution in [2.75, 3.05) is 5.32 Å². The average molecular weight is 330 g/mol. The molecule has 1 nitrogen and oxygen atoms in total. The van der Waals surface area contributed by atoms with Crippen molar-refractivity contribution in [3.63, 3.8) is 0 Å². The van der Waals surface area contributed by atoms with Crippen molar-refractivity contribution >= 4 is 32.4 Å². The van der Waals surface area contributed by atoms with Crippen LogP contribution in [0.25, 0.3) is 10.8 Å². The number of fused-ring (bicyclic) bond motifs is 1. The molecule has 20 heavy (non-hydrogen) atoms. The van der Waals surface area contributed by atoms with Crippen molar-refractivity contribution in [3.8, 4) is 0 Å². The van der Waals surface area contributed by atoms with Gasteiger partial charge in [-0.25, -0.2) is 4.39 Å². The van der Waals surface area contributed by atoms with Gasteiger partial charge in [-0.1, -0.05) is 52.3 Å². The van der Waals surface area contributed by atoms with Crippen molar-refractivity contribution in [1.29, 1.82) is 0 Å². The van der Waals surface area contributed by atoms with Crippen LogP contribution < -0.4 is 5.32 Å². The summed E-state index contributed by atoms with van der Waals surface area (Å²) in [6, 6.07) is 19.4. The third-order valence-corrected chi connectivity index (χ3v) is 3.72. The predicted molar refractivity (Wildman–Crippen MR) is 85.4 cm³/mol. The SMILES string of the molecule is Fc1ccc(Br)cc1NCc1ccc2ccccc2c1. The van der Waals surface area contributed by atoms with E-state index in [4.69, 9.17) is 0 Å². The number of anilines is 1. The van der Waals surface area contributed by atoms with Gasteiger partial charge in [0.25, 0.3) is 0 Å². The summed E-state index contributed by atoms with van der Waals surface area (Å²) in [5.74, 6) is -0.242. The van der Waals surface area contributed by atoms with Crippen molar-refractivity contribution in [1.82, 2.24) is 0 Å². The van der Waals surface area contributed by atoms with E-state index in [2.05, 4.69) is 51.6 Å². The first-order chi connectivity index (χ1) is 9.72. The van der Waals surface area contributed by atoms with Crippen LogP contribution in [0, 0.1) is 5.82 Å². The Morgan fingerprint density at radius 3 is 2.55 bits per heavy atom. The summed E-state index contributed by atoms with van der Waals surface area (Å²) in [4.78, 5) is 0. The summed E-state index contributed by atoms with van der Waals surface area (Å²) in [6.07, 6.45) is 0. The van der Waals surface area contributed by atoms with Gasteiger partial charge in [0.15, 0.2) is 0 Å². The molecule has 0 unspecified atom stereocenters. The third-order valence-electron chi connectivity index (χ3n) is 3.23. The lowest BCUT2D eigenvalue weighted by molar-refractivity contribution is 0.630. The Bertz CT molecular complexity index is 755. The first kappa shape index (κ1) is 13.1. The van der Waals surface area contributed by atoms with Crippen LogP contribution in [0.3, 0.4) is 0 Å². The molecule has 3 aromatic rings. The van der Waals surface area contributed by atoms with Crippen LogP contribution in [0.5, 0.6) is 0 Å².